The molecule has 0 saturated heterocycles. The number of sulfonamides is 1. The van der Waals surface area contributed by atoms with Gasteiger partial charge < -0.3 is 4.74 Å². The molecule has 0 fully saturated rings. The minimum absolute atomic E-state index is 0.184. The number of aryl methyl sites for hydroxylation is 1. The van der Waals surface area contributed by atoms with E-state index in [0.29, 0.717) is 5.75 Å². The second kappa shape index (κ2) is 8.79. The van der Waals surface area contributed by atoms with Gasteiger partial charge in [0.1, 0.15) is 11.5 Å². The van der Waals surface area contributed by atoms with Crippen LogP contribution in [-0.4, -0.2) is 13.4 Å². The Morgan fingerprint density at radius 3 is 2.57 bits per heavy atom. The molecular weight excluding hydrogens is 416 g/mol. The van der Waals surface area contributed by atoms with Gasteiger partial charge in [0.25, 0.3) is 0 Å². The number of benzene rings is 2. The molecule has 4 rings (SSSR count). The highest BCUT2D eigenvalue weighted by Gasteiger charge is 2.14. The zero-order chi connectivity index (χ0) is 21.0. The summed E-state index contributed by atoms with van der Waals surface area (Å²) < 4.78 is 33.8. The van der Waals surface area contributed by atoms with Crippen molar-refractivity contribution in [1.29, 1.82) is 0 Å². The maximum Gasteiger partial charge on any atom is 0.240 e. The first-order valence-corrected chi connectivity index (χ1v) is 11.7. The molecule has 0 aliphatic heterocycles. The lowest BCUT2D eigenvalue weighted by Gasteiger charge is -2.10. The first-order chi connectivity index (χ1) is 14.5. The number of hydrogen-bond donors (Lipinski definition) is 1. The minimum Gasteiger partial charge on any atom is -0.457 e. The summed E-state index contributed by atoms with van der Waals surface area (Å²) in [5.41, 5.74) is 3.70. The number of rotatable bonds is 7. The molecule has 152 valence electrons. The smallest absolute Gasteiger partial charge is 0.240 e. The Labute approximate surface area is 180 Å². The predicted octanol–water partition coefficient (Wildman–Crippen LogP) is 5.39. The molecule has 0 aliphatic rings. The van der Waals surface area contributed by atoms with Crippen LogP contribution in [0.4, 0.5) is 0 Å². The van der Waals surface area contributed by atoms with E-state index in [1.54, 1.807) is 47.9 Å². The van der Waals surface area contributed by atoms with Crippen LogP contribution < -0.4 is 9.46 Å². The highest BCUT2D eigenvalue weighted by molar-refractivity contribution is 7.89. The molecule has 5 nitrogen and oxygen atoms in total. The molecule has 2 heterocycles. The maximum atomic E-state index is 12.7. The summed E-state index contributed by atoms with van der Waals surface area (Å²) in [4.78, 5) is 4.54. The lowest BCUT2D eigenvalue weighted by atomic mass is 10.1. The lowest BCUT2D eigenvalue weighted by molar-refractivity contribution is 0.478. The Kier molecular flexibility index (Phi) is 5.94. The second-order valence-electron chi connectivity index (χ2n) is 6.72. The predicted molar refractivity (Wildman–Crippen MR) is 119 cm³/mol. The van der Waals surface area contributed by atoms with Gasteiger partial charge in [-0.2, -0.15) is 11.3 Å². The van der Waals surface area contributed by atoms with Crippen molar-refractivity contribution >= 4 is 21.4 Å². The zero-order valence-electron chi connectivity index (χ0n) is 16.3. The highest BCUT2D eigenvalue weighted by Crippen LogP contribution is 2.26. The van der Waals surface area contributed by atoms with E-state index < -0.39 is 10.0 Å². The van der Waals surface area contributed by atoms with E-state index in [0.717, 1.165) is 28.1 Å². The summed E-state index contributed by atoms with van der Waals surface area (Å²) in [6.07, 6.45) is 1.69. The van der Waals surface area contributed by atoms with Crippen molar-refractivity contribution in [3.05, 3.63) is 94.8 Å². The van der Waals surface area contributed by atoms with E-state index in [1.807, 2.05) is 54.1 Å². The van der Waals surface area contributed by atoms with Crippen molar-refractivity contribution in [3.63, 3.8) is 0 Å². The molecule has 1 N–H and O–H groups in total. The lowest BCUT2D eigenvalue weighted by Crippen LogP contribution is -2.23. The first kappa shape index (κ1) is 20.3. The number of thiophene rings is 1. The maximum absolute atomic E-state index is 12.7. The first-order valence-electron chi connectivity index (χ1n) is 9.32. The van der Waals surface area contributed by atoms with Gasteiger partial charge in [0.05, 0.1) is 10.6 Å². The average Bonchev–Trinajstić information content (AvgIpc) is 3.30. The molecular formula is C23H20N2O3S2. The van der Waals surface area contributed by atoms with Gasteiger partial charge in [-0.3, -0.25) is 4.98 Å². The number of para-hydroxylation sites is 1. The van der Waals surface area contributed by atoms with Crippen molar-refractivity contribution in [2.75, 3.05) is 0 Å². The van der Waals surface area contributed by atoms with Crippen LogP contribution >= 0.6 is 11.3 Å². The van der Waals surface area contributed by atoms with Crippen LogP contribution in [0.15, 0.2) is 88.6 Å². The molecule has 2 aromatic heterocycles. The topological polar surface area (TPSA) is 68.3 Å². The van der Waals surface area contributed by atoms with Crippen molar-refractivity contribution in [3.8, 4) is 22.8 Å². The standard InChI is InChI=1S/C23H20N2O3S2/c1-17-4-2-3-5-23(17)28-20-6-8-21(9-7-20)30(26,27)25-15-18-10-12-24-22(14-18)19-11-13-29-16-19/h2-14,16,25H,15H2,1H3. The summed E-state index contributed by atoms with van der Waals surface area (Å²) in [5, 5.41) is 4.00. The zero-order valence-corrected chi connectivity index (χ0v) is 17.9. The van der Waals surface area contributed by atoms with Gasteiger partial charge in [0.15, 0.2) is 0 Å². The van der Waals surface area contributed by atoms with Crippen LogP contribution in [0.25, 0.3) is 11.3 Å². The Morgan fingerprint density at radius 2 is 1.83 bits per heavy atom. The monoisotopic (exact) mass is 436 g/mol. The van der Waals surface area contributed by atoms with Gasteiger partial charge >= 0.3 is 0 Å². The third-order valence-electron chi connectivity index (χ3n) is 4.56. The average molecular weight is 437 g/mol. The van der Waals surface area contributed by atoms with Crippen LogP contribution in [0.1, 0.15) is 11.1 Å². The van der Waals surface area contributed by atoms with E-state index in [9.17, 15) is 8.42 Å². The van der Waals surface area contributed by atoms with Crippen LogP contribution in [0.2, 0.25) is 0 Å². The van der Waals surface area contributed by atoms with Gasteiger partial charge in [-0.1, -0.05) is 18.2 Å². The van der Waals surface area contributed by atoms with Gasteiger partial charge in [0, 0.05) is 23.7 Å². The number of nitrogens with one attached hydrogen (secondary N) is 1. The van der Waals surface area contributed by atoms with E-state index in [-0.39, 0.29) is 11.4 Å². The number of nitrogens with zero attached hydrogens (tertiary/aromatic N) is 1. The molecule has 2 aromatic carbocycles. The molecule has 0 bridgehead atoms. The van der Waals surface area contributed by atoms with Gasteiger partial charge in [-0.05, 0) is 72.0 Å². The van der Waals surface area contributed by atoms with Crippen LogP contribution in [0.3, 0.4) is 0 Å². The quantitative estimate of drug-likeness (QED) is 0.422. The van der Waals surface area contributed by atoms with Gasteiger partial charge in [-0.25, -0.2) is 13.1 Å². The van der Waals surface area contributed by atoms with E-state index in [2.05, 4.69) is 9.71 Å². The summed E-state index contributed by atoms with van der Waals surface area (Å²) in [6, 6.07) is 19.7. The van der Waals surface area contributed by atoms with Crippen LogP contribution in [0, 0.1) is 6.92 Å². The van der Waals surface area contributed by atoms with Crippen molar-refractivity contribution in [2.45, 2.75) is 18.4 Å². The molecule has 0 radical (unpaired) electrons. The Morgan fingerprint density at radius 1 is 1.03 bits per heavy atom. The van der Waals surface area contributed by atoms with Crippen LogP contribution in [-0.2, 0) is 16.6 Å². The van der Waals surface area contributed by atoms with Gasteiger partial charge in [0.2, 0.25) is 10.0 Å². The molecule has 7 heteroatoms. The summed E-state index contributed by atoms with van der Waals surface area (Å²) in [5.74, 6) is 1.32. The van der Waals surface area contributed by atoms with E-state index in [1.165, 1.54) is 0 Å². The van der Waals surface area contributed by atoms with E-state index >= 15 is 0 Å². The molecule has 0 unspecified atom stereocenters. The second-order valence-corrected chi connectivity index (χ2v) is 9.27. The Balaban J connectivity index is 1.44. The highest BCUT2D eigenvalue weighted by atomic mass is 32.2. The third kappa shape index (κ3) is 4.76. The number of pyridine rings is 1. The Hall–Kier alpha value is -3.00. The minimum atomic E-state index is -3.65. The number of ether oxygens (including phenoxy) is 1. The van der Waals surface area contributed by atoms with E-state index in [4.69, 9.17) is 4.74 Å². The van der Waals surface area contributed by atoms with Gasteiger partial charge in [-0.15, -0.1) is 0 Å². The molecule has 30 heavy (non-hydrogen) atoms. The fourth-order valence-corrected chi connectivity index (χ4v) is 4.57. The SMILES string of the molecule is Cc1ccccc1Oc1ccc(S(=O)(=O)NCc2ccnc(-c3ccsc3)c2)cc1. The van der Waals surface area contributed by atoms with Crippen molar-refractivity contribution < 1.29 is 13.2 Å². The molecule has 0 atom stereocenters. The molecule has 0 amide bonds. The number of hydrogen-bond acceptors (Lipinski definition) is 5. The summed E-state index contributed by atoms with van der Waals surface area (Å²) in [6.45, 7) is 2.14. The fraction of sp³-hybridized carbons (Fsp3) is 0.0870. The molecule has 0 aliphatic carbocycles. The number of aromatic nitrogens is 1. The van der Waals surface area contributed by atoms with Crippen molar-refractivity contribution in [2.24, 2.45) is 0 Å². The molecule has 0 spiro atoms. The molecule has 0 saturated carbocycles. The van der Waals surface area contributed by atoms with Crippen molar-refractivity contribution in [1.82, 2.24) is 9.71 Å². The van der Waals surface area contributed by atoms with Crippen LogP contribution in [0.5, 0.6) is 11.5 Å². The fourth-order valence-electron chi connectivity index (χ4n) is 2.90. The largest absolute Gasteiger partial charge is 0.457 e. The normalized spacial score (nSPS) is 11.4. The summed E-state index contributed by atoms with van der Waals surface area (Å²) in [7, 11) is -3.65. The Bertz CT molecular complexity index is 1240. The summed E-state index contributed by atoms with van der Waals surface area (Å²) >= 11 is 1.60. The third-order valence-corrected chi connectivity index (χ3v) is 6.66. The molecule has 4 aromatic rings.